The third-order valence-corrected chi connectivity index (χ3v) is 5.51. The third kappa shape index (κ3) is 3.66. The lowest BCUT2D eigenvalue weighted by atomic mass is 9.94. The van der Waals surface area contributed by atoms with Gasteiger partial charge in [-0.15, -0.1) is 0 Å². The van der Waals surface area contributed by atoms with E-state index in [1.54, 1.807) is 24.7 Å². The summed E-state index contributed by atoms with van der Waals surface area (Å²) < 4.78 is 25.0. The van der Waals surface area contributed by atoms with Crippen LogP contribution in [0, 0.1) is 0 Å². The minimum absolute atomic E-state index is 0.0244. The predicted molar refractivity (Wildman–Crippen MR) is 105 cm³/mol. The van der Waals surface area contributed by atoms with Crippen LogP contribution in [0.3, 0.4) is 0 Å². The second-order valence-electron chi connectivity index (χ2n) is 6.35. The Kier molecular flexibility index (Phi) is 4.81. The summed E-state index contributed by atoms with van der Waals surface area (Å²) in [5.41, 5.74) is 3.64. The number of pyridine rings is 1. The van der Waals surface area contributed by atoms with Crippen LogP contribution in [0.25, 0.3) is 22.6 Å². The van der Waals surface area contributed by atoms with Crippen LogP contribution in [0.5, 0.6) is 0 Å². The Morgan fingerprint density at radius 1 is 1.11 bits per heavy atom. The van der Waals surface area contributed by atoms with Crippen molar-refractivity contribution in [2.24, 2.45) is 0 Å². The second-order valence-corrected chi connectivity index (χ2v) is 7.73. The van der Waals surface area contributed by atoms with Gasteiger partial charge in [-0.3, -0.25) is 9.19 Å². The van der Waals surface area contributed by atoms with Crippen molar-refractivity contribution in [3.63, 3.8) is 0 Å². The van der Waals surface area contributed by atoms with Gasteiger partial charge < -0.3 is 4.98 Å². The molecule has 4 nitrogen and oxygen atoms in total. The zero-order chi connectivity index (χ0) is 18.8. The maximum absolute atomic E-state index is 13.4. The molecule has 1 aromatic carbocycles. The molecule has 2 unspecified atom stereocenters. The van der Waals surface area contributed by atoms with E-state index in [2.05, 4.69) is 9.97 Å². The van der Waals surface area contributed by atoms with Gasteiger partial charge in [0.2, 0.25) is 0 Å². The summed E-state index contributed by atoms with van der Waals surface area (Å²) >= 11 is 0. The van der Waals surface area contributed by atoms with Gasteiger partial charge in [0.05, 0.1) is 11.4 Å². The SMILES string of the molecule is CS(=O)c1ccc(-c2nc(-c3ccncc3)c(C3C=CC(F)=CC3)[nH]2)cc1. The number of rotatable bonds is 4. The summed E-state index contributed by atoms with van der Waals surface area (Å²) in [6, 6.07) is 11.3. The molecule has 27 heavy (non-hydrogen) atoms. The average molecular weight is 379 g/mol. The van der Waals surface area contributed by atoms with Gasteiger partial charge in [-0.05, 0) is 42.8 Å². The fraction of sp³-hybridized carbons (Fsp3) is 0.143. The molecule has 1 aliphatic rings. The first-order valence-corrected chi connectivity index (χ1v) is 10.2. The van der Waals surface area contributed by atoms with Crippen LogP contribution in [0.2, 0.25) is 0 Å². The van der Waals surface area contributed by atoms with Crippen LogP contribution >= 0.6 is 0 Å². The number of imidazole rings is 1. The van der Waals surface area contributed by atoms with Crippen molar-refractivity contribution in [1.82, 2.24) is 15.0 Å². The average Bonchev–Trinajstić information content (AvgIpc) is 3.15. The summed E-state index contributed by atoms with van der Waals surface area (Å²) in [4.78, 5) is 13.1. The molecule has 2 aromatic heterocycles. The van der Waals surface area contributed by atoms with Gasteiger partial charge in [0, 0.05) is 51.4 Å². The van der Waals surface area contributed by atoms with Crippen LogP contribution in [0.15, 0.2) is 77.7 Å². The maximum Gasteiger partial charge on any atom is 0.138 e. The molecule has 0 saturated carbocycles. The topological polar surface area (TPSA) is 58.6 Å². The molecule has 2 atom stereocenters. The Bertz CT molecular complexity index is 1040. The molecule has 0 spiro atoms. The summed E-state index contributed by atoms with van der Waals surface area (Å²) in [5.74, 6) is 0.546. The third-order valence-electron chi connectivity index (χ3n) is 4.57. The maximum atomic E-state index is 13.4. The molecule has 0 aliphatic heterocycles. The number of H-pyrrole nitrogens is 1. The van der Waals surface area contributed by atoms with E-state index in [4.69, 9.17) is 4.98 Å². The van der Waals surface area contributed by atoms with Crippen molar-refractivity contribution >= 4 is 10.8 Å². The molecule has 136 valence electrons. The van der Waals surface area contributed by atoms with E-state index in [-0.39, 0.29) is 11.7 Å². The van der Waals surface area contributed by atoms with E-state index in [0.717, 1.165) is 33.2 Å². The Hall–Kier alpha value is -2.86. The molecule has 0 saturated heterocycles. The lowest BCUT2D eigenvalue weighted by Crippen LogP contribution is -2.00. The zero-order valence-electron chi connectivity index (χ0n) is 14.7. The van der Waals surface area contributed by atoms with E-state index >= 15 is 0 Å². The van der Waals surface area contributed by atoms with Crippen LogP contribution in [-0.4, -0.2) is 25.4 Å². The molecule has 2 heterocycles. The van der Waals surface area contributed by atoms with Gasteiger partial charge in [-0.2, -0.15) is 0 Å². The van der Waals surface area contributed by atoms with Crippen molar-refractivity contribution in [3.8, 4) is 22.6 Å². The molecule has 0 fully saturated rings. The Morgan fingerprint density at radius 2 is 1.85 bits per heavy atom. The normalized spacial score (nSPS) is 17.6. The number of halogens is 1. The van der Waals surface area contributed by atoms with Crippen molar-refractivity contribution in [2.45, 2.75) is 17.2 Å². The molecule has 0 amide bonds. The van der Waals surface area contributed by atoms with Gasteiger partial charge in [0.1, 0.15) is 11.7 Å². The van der Waals surface area contributed by atoms with Crippen LogP contribution in [-0.2, 0) is 10.8 Å². The van der Waals surface area contributed by atoms with E-state index < -0.39 is 10.8 Å². The highest BCUT2D eigenvalue weighted by Crippen LogP contribution is 2.35. The number of nitrogens with zero attached hydrogens (tertiary/aromatic N) is 2. The van der Waals surface area contributed by atoms with Gasteiger partial charge in [-0.1, -0.05) is 18.2 Å². The predicted octanol–water partition coefficient (Wildman–Crippen LogP) is 4.77. The molecule has 1 N–H and O–H groups in total. The van der Waals surface area contributed by atoms with Crippen molar-refractivity contribution < 1.29 is 8.60 Å². The van der Waals surface area contributed by atoms with Crippen molar-refractivity contribution in [2.75, 3.05) is 6.26 Å². The first-order valence-electron chi connectivity index (χ1n) is 8.60. The summed E-state index contributed by atoms with van der Waals surface area (Å²) in [6.07, 6.45) is 10.6. The van der Waals surface area contributed by atoms with Crippen LogP contribution < -0.4 is 0 Å². The number of hydrogen-bond donors (Lipinski definition) is 1. The van der Waals surface area contributed by atoms with Crippen LogP contribution in [0.1, 0.15) is 18.0 Å². The van der Waals surface area contributed by atoms with E-state index in [9.17, 15) is 8.60 Å². The van der Waals surface area contributed by atoms with Gasteiger partial charge in [0.25, 0.3) is 0 Å². The van der Waals surface area contributed by atoms with E-state index in [1.165, 1.54) is 6.08 Å². The standard InChI is InChI=1S/C21H18FN3OS/c1-27(26)18-8-4-16(5-9-18)21-24-19(14-2-6-17(22)7-3-14)20(25-21)15-10-12-23-13-11-15/h2,4-14H,3H2,1H3,(H,24,25). The molecule has 1 aliphatic carbocycles. The first kappa shape index (κ1) is 17.5. The summed E-state index contributed by atoms with van der Waals surface area (Å²) in [5, 5.41) is 0. The second kappa shape index (κ2) is 7.40. The highest BCUT2D eigenvalue weighted by Gasteiger charge is 2.21. The van der Waals surface area contributed by atoms with E-state index in [0.29, 0.717) is 6.42 Å². The van der Waals surface area contributed by atoms with E-state index in [1.807, 2.05) is 42.5 Å². The van der Waals surface area contributed by atoms with Gasteiger partial charge >= 0.3 is 0 Å². The smallest absolute Gasteiger partial charge is 0.138 e. The van der Waals surface area contributed by atoms with Crippen molar-refractivity contribution in [3.05, 3.63) is 78.5 Å². The number of benzene rings is 1. The molecular formula is C21H18FN3OS. The first-order chi connectivity index (χ1) is 13.1. The lowest BCUT2D eigenvalue weighted by Gasteiger charge is -2.14. The quantitative estimate of drug-likeness (QED) is 0.710. The minimum atomic E-state index is -1.02. The molecule has 0 bridgehead atoms. The number of nitrogens with one attached hydrogen (secondary N) is 1. The summed E-state index contributed by atoms with van der Waals surface area (Å²) in [7, 11) is -1.02. The Balaban J connectivity index is 1.78. The highest BCUT2D eigenvalue weighted by molar-refractivity contribution is 7.84. The van der Waals surface area contributed by atoms with Crippen LogP contribution in [0.4, 0.5) is 4.39 Å². The Morgan fingerprint density at radius 3 is 2.48 bits per heavy atom. The fourth-order valence-electron chi connectivity index (χ4n) is 3.13. The monoisotopic (exact) mass is 379 g/mol. The molecular weight excluding hydrogens is 361 g/mol. The lowest BCUT2D eigenvalue weighted by molar-refractivity contribution is 0.641. The fourth-order valence-corrected chi connectivity index (χ4v) is 3.65. The number of allylic oxidation sites excluding steroid dienone is 4. The highest BCUT2D eigenvalue weighted by atomic mass is 32.2. The Labute approximate surface area is 159 Å². The number of hydrogen-bond acceptors (Lipinski definition) is 3. The largest absolute Gasteiger partial charge is 0.341 e. The molecule has 0 radical (unpaired) electrons. The molecule has 4 rings (SSSR count). The van der Waals surface area contributed by atoms with Crippen molar-refractivity contribution in [1.29, 1.82) is 0 Å². The zero-order valence-corrected chi connectivity index (χ0v) is 15.5. The molecule has 3 aromatic rings. The number of aromatic amines is 1. The van der Waals surface area contributed by atoms with Gasteiger partial charge in [0.15, 0.2) is 0 Å². The minimum Gasteiger partial charge on any atom is -0.341 e. The van der Waals surface area contributed by atoms with Gasteiger partial charge in [-0.25, -0.2) is 9.37 Å². The number of aromatic nitrogens is 3. The summed E-state index contributed by atoms with van der Waals surface area (Å²) in [6.45, 7) is 0. The molecule has 6 heteroatoms.